The van der Waals surface area contributed by atoms with E-state index in [1.54, 1.807) is 23.5 Å². The van der Waals surface area contributed by atoms with Gasteiger partial charge in [0.05, 0.1) is 5.69 Å². The Balaban J connectivity index is 2.14. The zero-order valence-corrected chi connectivity index (χ0v) is 21.6. The molecule has 6 heteroatoms. The molecule has 0 fully saturated rings. The summed E-state index contributed by atoms with van der Waals surface area (Å²) in [5.74, 6) is 1.00. The summed E-state index contributed by atoms with van der Waals surface area (Å²) in [4.78, 5) is 18.5. The van der Waals surface area contributed by atoms with Gasteiger partial charge in [-0.25, -0.2) is 9.78 Å². The van der Waals surface area contributed by atoms with Gasteiger partial charge in [0.15, 0.2) is 0 Å². The highest BCUT2D eigenvalue weighted by Gasteiger charge is 2.18. The molecule has 0 bridgehead atoms. The minimum absolute atomic E-state index is 0.171. The number of nitrogens with zero attached hydrogens (tertiary/aromatic N) is 1. The molecule has 0 saturated heterocycles. The van der Waals surface area contributed by atoms with Crippen molar-refractivity contribution in [1.82, 2.24) is 10.3 Å². The summed E-state index contributed by atoms with van der Waals surface area (Å²) in [6.07, 6.45) is 7.44. The Hall–Kier alpha value is -1.66. The molecule has 0 spiro atoms. The van der Waals surface area contributed by atoms with E-state index in [0.717, 1.165) is 34.1 Å². The van der Waals surface area contributed by atoms with Crippen LogP contribution in [0.2, 0.25) is 0 Å². The van der Waals surface area contributed by atoms with E-state index >= 15 is 0 Å². The largest absolute Gasteiger partial charge is 0.337 e. The third-order valence-corrected chi connectivity index (χ3v) is 6.89. The Bertz CT molecular complexity index is 858. The smallest absolute Gasteiger partial charge is 0.319 e. The molecule has 31 heavy (non-hydrogen) atoms. The molecule has 1 aromatic heterocycles. The molecule has 0 aliphatic heterocycles. The second kappa shape index (κ2) is 12.4. The molecular weight excluding hydrogens is 422 g/mol. The highest BCUT2D eigenvalue weighted by Crippen LogP contribution is 2.33. The molecular formula is C25H37N3OS2. The van der Waals surface area contributed by atoms with Gasteiger partial charge >= 0.3 is 6.03 Å². The third kappa shape index (κ3) is 7.76. The Labute approximate surface area is 196 Å². The molecule has 1 atom stereocenters. The van der Waals surface area contributed by atoms with E-state index in [2.05, 4.69) is 61.5 Å². The van der Waals surface area contributed by atoms with Gasteiger partial charge in [0.25, 0.3) is 0 Å². The van der Waals surface area contributed by atoms with E-state index in [0.29, 0.717) is 18.4 Å². The van der Waals surface area contributed by atoms with Crippen LogP contribution < -0.4 is 10.6 Å². The van der Waals surface area contributed by atoms with E-state index in [-0.39, 0.29) is 6.03 Å². The molecule has 2 rings (SSSR count). The van der Waals surface area contributed by atoms with Crippen molar-refractivity contribution in [3.05, 3.63) is 46.6 Å². The summed E-state index contributed by atoms with van der Waals surface area (Å²) in [7, 11) is 0. The molecule has 1 aromatic carbocycles. The minimum atomic E-state index is -0.171. The van der Waals surface area contributed by atoms with E-state index in [9.17, 15) is 4.79 Å². The maximum atomic E-state index is 12.8. The Kier molecular flexibility index (Phi) is 10.2. The molecule has 0 aliphatic rings. The molecule has 0 saturated carbocycles. The van der Waals surface area contributed by atoms with Gasteiger partial charge in [-0.1, -0.05) is 50.5 Å². The average Bonchev–Trinajstić information content (AvgIpc) is 2.73. The van der Waals surface area contributed by atoms with Crippen LogP contribution in [0, 0.1) is 26.7 Å². The fraction of sp³-hybridized carbons (Fsp3) is 0.520. The second-order valence-electron chi connectivity index (χ2n) is 8.57. The number of urea groups is 1. The Morgan fingerprint density at radius 2 is 1.81 bits per heavy atom. The Morgan fingerprint density at radius 1 is 1.06 bits per heavy atom. The first-order valence-electron chi connectivity index (χ1n) is 11.0. The molecule has 1 heterocycles. The Morgan fingerprint density at radius 3 is 2.45 bits per heavy atom. The monoisotopic (exact) mass is 459 g/mol. The summed E-state index contributed by atoms with van der Waals surface area (Å²) in [5.41, 5.74) is 5.65. The molecule has 4 nitrogen and oxygen atoms in total. The predicted molar refractivity (Wildman–Crippen MR) is 137 cm³/mol. The summed E-state index contributed by atoms with van der Waals surface area (Å²) >= 11 is 3.18. The number of hydrogen-bond acceptors (Lipinski definition) is 4. The minimum Gasteiger partial charge on any atom is -0.337 e. The number of thioether (sulfide) groups is 2. The summed E-state index contributed by atoms with van der Waals surface area (Å²) < 4.78 is 0. The van der Waals surface area contributed by atoms with Gasteiger partial charge in [0.2, 0.25) is 0 Å². The number of pyridine rings is 1. The van der Waals surface area contributed by atoms with Crippen molar-refractivity contribution in [2.45, 2.75) is 69.7 Å². The van der Waals surface area contributed by atoms with Crippen LogP contribution in [-0.4, -0.2) is 30.1 Å². The standard InChI is InChI=1S/C25H37N3OS2/c1-16(2)9-8-10-20(21-13-17(3)11-12-18(21)4)15-26-25(29)28-23-22(30-6)14-19(5)27-24(23)31-7/h11-14,16,20H,8-10,15H2,1-7H3,(H2,26,28,29). The quantitative estimate of drug-likeness (QED) is 0.369. The first-order valence-corrected chi connectivity index (χ1v) is 13.4. The first kappa shape index (κ1) is 25.6. The maximum Gasteiger partial charge on any atom is 0.319 e. The number of rotatable bonds is 10. The topological polar surface area (TPSA) is 54.0 Å². The molecule has 170 valence electrons. The number of benzene rings is 1. The third-order valence-electron chi connectivity index (χ3n) is 5.45. The van der Waals surface area contributed by atoms with Crippen LogP contribution in [-0.2, 0) is 0 Å². The highest BCUT2D eigenvalue weighted by molar-refractivity contribution is 7.99. The highest BCUT2D eigenvalue weighted by atomic mass is 32.2. The fourth-order valence-corrected chi connectivity index (χ4v) is 5.06. The van der Waals surface area contributed by atoms with Crippen LogP contribution in [0.5, 0.6) is 0 Å². The number of aryl methyl sites for hydroxylation is 3. The van der Waals surface area contributed by atoms with Crippen molar-refractivity contribution >= 4 is 35.2 Å². The number of carbonyl (C=O) groups is 1. The SMILES string of the molecule is CSc1cc(C)nc(SC)c1NC(=O)NCC(CCCC(C)C)c1cc(C)ccc1C. The number of hydrogen-bond donors (Lipinski definition) is 2. The first-order chi connectivity index (χ1) is 14.7. The van der Waals surface area contributed by atoms with Gasteiger partial charge in [-0.05, 0) is 62.8 Å². The maximum absolute atomic E-state index is 12.8. The normalized spacial score (nSPS) is 12.1. The van der Waals surface area contributed by atoms with Crippen LogP contribution in [0.15, 0.2) is 34.2 Å². The van der Waals surface area contributed by atoms with Crippen LogP contribution in [0.1, 0.15) is 61.4 Å². The van der Waals surface area contributed by atoms with E-state index in [1.807, 2.05) is 25.5 Å². The molecule has 0 aliphatic carbocycles. The van der Waals surface area contributed by atoms with Crippen molar-refractivity contribution in [2.24, 2.45) is 5.92 Å². The number of amides is 2. The summed E-state index contributed by atoms with van der Waals surface area (Å²) in [6.45, 7) is 11.4. The number of nitrogens with one attached hydrogen (secondary N) is 2. The molecule has 2 N–H and O–H groups in total. The van der Waals surface area contributed by atoms with Gasteiger partial charge in [0, 0.05) is 23.1 Å². The zero-order valence-electron chi connectivity index (χ0n) is 20.0. The van der Waals surface area contributed by atoms with E-state index in [1.165, 1.54) is 23.1 Å². The number of aromatic nitrogens is 1. The number of anilines is 1. The predicted octanol–water partition coefficient (Wildman–Crippen LogP) is 7.18. The van der Waals surface area contributed by atoms with Crippen LogP contribution in [0.4, 0.5) is 10.5 Å². The van der Waals surface area contributed by atoms with Crippen LogP contribution in [0.3, 0.4) is 0 Å². The van der Waals surface area contributed by atoms with Gasteiger partial charge in [-0.3, -0.25) is 0 Å². The van der Waals surface area contributed by atoms with Gasteiger partial charge < -0.3 is 10.6 Å². The van der Waals surface area contributed by atoms with Gasteiger partial charge in [0.1, 0.15) is 5.03 Å². The van der Waals surface area contributed by atoms with Crippen molar-refractivity contribution in [2.75, 3.05) is 24.4 Å². The molecule has 2 aromatic rings. The molecule has 2 amide bonds. The van der Waals surface area contributed by atoms with Crippen molar-refractivity contribution in [3.8, 4) is 0 Å². The number of carbonyl (C=O) groups excluding carboxylic acids is 1. The summed E-state index contributed by atoms with van der Waals surface area (Å²) in [6, 6.07) is 8.47. The van der Waals surface area contributed by atoms with E-state index < -0.39 is 0 Å². The van der Waals surface area contributed by atoms with Crippen molar-refractivity contribution in [1.29, 1.82) is 0 Å². The van der Waals surface area contributed by atoms with Gasteiger partial charge in [-0.2, -0.15) is 0 Å². The second-order valence-corrected chi connectivity index (χ2v) is 10.2. The van der Waals surface area contributed by atoms with Gasteiger partial charge in [-0.15, -0.1) is 23.5 Å². The lowest BCUT2D eigenvalue weighted by molar-refractivity contribution is 0.251. The van der Waals surface area contributed by atoms with Crippen molar-refractivity contribution < 1.29 is 4.79 Å². The lowest BCUT2D eigenvalue weighted by Crippen LogP contribution is -2.33. The zero-order chi connectivity index (χ0) is 23.0. The molecule has 1 unspecified atom stereocenters. The van der Waals surface area contributed by atoms with Crippen LogP contribution in [0.25, 0.3) is 0 Å². The average molecular weight is 460 g/mol. The van der Waals surface area contributed by atoms with Crippen LogP contribution >= 0.6 is 23.5 Å². The fourth-order valence-electron chi connectivity index (χ4n) is 3.75. The van der Waals surface area contributed by atoms with Crippen molar-refractivity contribution in [3.63, 3.8) is 0 Å². The lowest BCUT2D eigenvalue weighted by atomic mass is 9.88. The summed E-state index contributed by atoms with van der Waals surface area (Å²) in [5, 5.41) is 7.05. The lowest BCUT2D eigenvalue weighted by Gasteiger charge is -2.22. The molecule has 0 radical (unpaired) electrons. The van der Waals surface area contributed by atoms with E-state index in [4.69, 9.17) is 0 Å².